The predicted octanol–water partition coefficient (Wildman–Crippen LogP) is 4.29. The maximum Gasteiger partial charge on any atom is 0.253 e. The molecule has 0 bridgehead atoms. The summed E-state index contributed by atoms with van der Waals surface area (Å²) < 4.78 is 0. The minimum absolute atomic E-state index is 0.147. The van der Waals surface area contributed by atoms with E-state index in [1.54, 1.807) is 18.2 Å². The Bertz CT molecular complexity index is 806. The molecule has 0 aliphatic rings. The van der Waals surface area contributed by atoms with Crippen molar-refractivity contribution in [3.63, 3.8) is 0 Å². The number of carbonyl (C=O) groups is 2. The van der Waals surface area contributed by atoms with Crippen LogP contribution < -0.4 is 16.4 Å². The molecule has 6 heteroatoms. The molecule has 2 aromatic rings. The average Bonchev–Trinajstić information content (AvgIpc) is 2.62. The van der Waals surface area contributed by atoms with E-state index in [1.165, 1.54) is 0 Å². The minimum atomic E-state index is -0.386. The van der Waals surface area contributed by atoms with Crippen LogP contribution in [-0.2, 0) is 4.79 Å². The van der Waals surface area contributed by atoms with Gasteiger partial charge in [-0.3, -0.25) is 9.59 Å². The summed E-state index contributed by atoms with van der Waals surface area (Å²) in [6.45, 7) is 5.90. The Morgan fingerprint density at radius 3 is 2.41 bits per heavy atom. The molecule has 0 heterocycles. The van der Waals surface area contributed by atoms with Crippen LogP contribution in [0.15, 0.2) is 48.5 Å². The lowest BCUT2D eigenvalue weighted by molar-refractivity contribution is -0.116. The Labute approximate surface area is 165 Å². The summed E-state index contributed by atoms with van der Waals surface area (Å²) in [5, 5.41) is 6.00. The van der Waals surface area contributed by atoms with Crippen molar-refractivity contribution in [3.05, 3.63) is 64.7 Å². The van der Waals surface area contributed by atoms with Crippen LogP contribution >= 0.6 is 11.6 Å². The highest BCUT2D eigenvalue weighted by atomic mass is 35.5. The third-order valence-electron chi connectivity index (χ3n) is 4.47. The standard InChI is InChI=1S/C21H26ClN3O2/c1-4-21(2,3)25-20(27)16-11-10-15(12-17(16)22)24-19(26)13-18(23)14-8-6-5-7-9-14/h5-12,18H,4,13,23H2,1-3H3,(H,24,26)(H,25,27). The second-order valence-corrected chi connectivity index (χ2v) is 7.56. The molecule has 144 valence electrons. The SMILES string of the molecule is CCC(C)(C)NC(=O)c1ccc(NC(=O)CC(N)c2ccccc2)cc1Cl. The summed E-state index contributed by atoms with van der Waals surface area (Å²) in [7, 11) is 0. The first-order chi connectivity index (χ1) is 12.7. The van der Waals surface area contributed by atoms with Crippen molar-refractivity contribution in [2.75, 3.05) is 5.32 Å². The molecule has 27 heavy (non-hydrogen) atoms. The van der Waals surface area contributed by atoms with Crippen molar-refractivity contribution in [3.8, 4) is 0 Å². The van der Waals surface area contributed by atoms with Crippen LogP contribution in [0.3, 0.4) is 0 Å². The van der Waals surface area contributed by atoms with Gasteiger partial charge in [0, 0.05) is 23.7 Å². The highest BCUT2D eigenvalue weighted by molar-refractivity contribution is 6.34. The van der Waals surface area contributed by atoms with Gasteiger partial charge in [0.2, 0.25) is 5.91 Å². The van der Waals surface area contributed by atoms with Crippen LogP contribution in [0.4, 0.5) is 5.69 Å². The van der Waals surface area contributed by atoms with Gasteiger partial charge in [-0.15, -0.1) is 0 Å². The first kappa shape index (κ1) is 20.9. The van der Waals surface area contributed by atoms with E-state index < -0.39 is 0 Å². The van der Waals surface area contributed by atoms with E-state index in [-0.39, 0.29) is 34.8 Å². The second-order valence-electron chi connectivity index (χ2n) is 7.16. The molecule has 2 amide bonds. The van der Waals surface area contributed by atoms with E-state index in [4.69, 9.17) is 17.3 Å². The fraction of sp³-hybridized carbons (Fsp3) is 0.333. The molecule has 2 rings (SSSR count). The summed E-state index contributed by atoms with van der Waals surface area (Å²) >= 11 is 6.24. The van der Waals surface area contributed by atoms with Gasteiger partial charge >= 0.3 is 0 Å². The van der Waals surface area contributed by atoms with Gasteiger partial charge in [0.15, 0.2) is 0 Å². The van der Waals surface area contributed by atoms with E-state index in [2.05, 4.69) is 10.6 Å². The van der Waals surface area contributed by atoms with Crippen LogP contribution in [0.1, 0.15) is 55.6 Å². The highest BCUT2D eigenvalue weighted by Gasteiger charge is 2.21. The van der Waals surface area contributed by atoms with Gasteiger partial charge in [0.1, 0.15) is 0 Å². The van der Waals surface area contributed by atoms with Crippen molar-refractivity contribution in [2.24, 2.45) is 5.73 Å². The zero-order valence-corrected chi connectivity index (χ0v) is 16.6. The number of carbonyl (C=O) groups excluding carboxylic acids is 2. The monoisotopic (exact) mass is 387 g/mol. The molecule has 4 N–H and O–H groups in total. The number of rotatable bonds is 7. The molecule has 0 spiro atoms. The molecule has 0 aromatic heterocycles. The summed E-state index contributed by atoms with van der Waals surface area (Å²) in [6.07, 6.45) is 0.945. The molecular formula is C21H26ClN3O2. The summed E-state index contributed by atoms with van der Waals surface area (Å²) in [5.41, 5.74) is 7.55. The van der Waals surface area contributed by atoms with Crippen LogP contribution in [-0.4, -0.2) is 17.4 Å². The molecule has 5 nitrogen and oxygen atoms in total. The van der Waals surface area contributed by atoms with E-state index in [9.17, 15) is 9.59 Å². The molecule has 0 saturated carbocycles. The molecular weight excluding hydrogens is 362 g/mol. The topological polar surface area (TPSA) is 84.2 Å². The normalized spacial score (nSPS) is 12.3. The first-order valence-corrected chi connectivity index (χ1v) is 9.32. The number of anilines is 1. The Balaban J connectivity index is 2.00. The molecule has 0 saturated heterocycles. The Hall–Kier alpha value is -2.37. The molecule has 1 atom stereocenters. The van der Waals surface area contributed by atoms with Crippen LogP contribution in [0.5, 0.6) is 0 Å². The summed E-state index contributed by atoms with van der Waals surface area (Å²) in [4.78, 5) is 24.6. The van der Waals surface area contributed by atoms with E-state index >= 15 is 0 Å². The number of benzene rings is 2. The van der Waals surface area contributed by atoms with E-state index in [0.717, 1.165) is 12.0 Å². The largest absolute Gasteiger partial charge is 0.347 e. The van der Waals surface area contributed by atoms with Gasteiger partial charge in [-0.25, -0.2) is 0 Å². The molecule has 0 fully saturated rings. The van der Waals surface area contributed by atoms with Crippen molar-refractivity contribution < 1.29 is 9.59 Å². The smallest absolute Gasteiger partial charge is 0.253 e. The molecule has 1 unspecified atom stereocenters. The summed E-state index contributed by atoms with van der Waals surface area (Å²) in [5.74, 6) is -0.456. The van der Waals surface area contributed by atoms with Crippen molar-refractivity contribution >= 4 is 29.1 Å². The minimum Gasteiger partial charge on any atom is -0.347 e. The fourth-order valence-corrected chi connectivity index (χ4v) is 2.74. The van der Waals surface area contributed by atoms with Crippen LogP contribution in [0, 0.1) is 0 Å². The van der Waals surface area contributed by atoms with Crippen LogP contribution in [0.2, 0.25) is 5.02 Å². The zero-order chi connectivity index (χ0) is 20.0. The van der Waals surface area contributed by atoms with Gasteiger partial charge < -0.3 is 16.4 Å². The number of amides is 2. The lowest BCUT2D eigenvalue weighted by atomic mass is 10.0. The number of halogens is 1. The van der Waals surface area contributed by atoms with E-state index in [1.807, 2.05) is 51.1 Å². The summed E-state index contributed by atoms with van der Waals surface area (Å²) in [6, 6.07) is 13.9. The maximum absolute atomic E-state index is 12.4. The number of hydrogen-bond acceptors (Lipinski definition) is 3. The molecule has 0 radical (unpaired) electrons. The number of nitrogens with two attached hydrogens (primary N) is 1. The lowest BCUT2D eigenvalue weighted by Crippen LogP contribution is -2.42. The van der Waals surface area contributed by atoms with Gasteiger partial charge in [-0.1, -0.05) is 48.9 Å². The van der Waals surface area contributed by atoms with Crippen molar-refractivity contribution in [1.82, 2.24) is 5.32 Å². The number of nitrogens with one attached hydrogen (secondary N) is 2. The van der Waals surface area contributed by atoms with Gasteiger partial charge in [-0.2, -0.15) is 0 Å². The fourth-order valence-electron chi connectivity index (χ4n) is 2.47. The average molecular weight is 388 g/mol. The van der Waals surface area contributed by atoms with Gasteiger partial charge in [0.05, 0.1) is 10.6 Å². The highest BCUT2D eigenvalue weighted by Crippen LogP contribution is 2.23. The Morgan fingerprint density at radius 2 is 1.81 bits per heavy atom. The third kappa shape index (κ3) is 6.08. The van der Waals surface area contributed by atoms with Gasteiger partial charge in [0.25, 0.3) is 5.91 Å². The molecule has 0 aliphatic carbocycles. The maximum atomic E-state index is 12.4. The quantitative estimate of drug-likeness (QED) is 0.662. The van der Waals surface area contributed by atoms with E-state index in [0.29, 0.717) is 11.3 Å². The molecule has 2 aromatic carbocycles. The first-order valence-electron chi connectivity index (χ1n) is 8.94. The Morgan fingerprint density at radius 1 is 1.15 bits per heavy atom. The lowest BCUT2D eigenvalue weighted by Gasteiger charge is -2.24. The Kier molecular flexibility index (Phi) is 6.99. The second kappa shape index (κ2) is 9.02. The number of hydrogen-bond donors (Lipinski definition) is 3. The van der Waals surface area contributed by atoms with Crippen LogP contribution in [0.25, 0.3) is 0 Å². The third-order valence-corrected chi connectivity index (χ3v) is 4.78. The zero-order valence-electron chi connectivity index (χ0n) is 15.9. The van der Waals surface area contributed by atoms with Gasteiger partial charge in [-0.05, 0) is 44.0 Å². The van der Waals surface area contributed by atoms with Crippen molar-refractivity contribution in [2.45, 2.75) is 45.2 Å². The van der Waals surface area contributed by atoms with Crippen molar-refractivity contribution in [1.29, 1.82) is 0 Å². The molecule has 0 aliphatic heterocycles. The predicted molar refractivity (Wildman–Crippen MR) is 110 cm³/mol.